The molecule has 0 aliphatic heterocycles. The second kappa shape index (κ2) is 7.09. The van der Waals surface area contributed by atoms with Crippen LogP contribution >= 0.6 is 0 Å². The monoisotopic (exact) mass is 261 g/mol. The highest BCUT2D eigenvalue weighted by molar-refractivity contribution is 5.29. The molecule has 0 saturated heterocycles. The van der Waals surface area contributed by atoms with E-state index in [1.54, 1.807) is 0 Å². The Kier molecular flexibility index (Phi) is 6.06. The maximum Gasteiger partial charge on any atom is -0.00123 e. The van der Waals surface area contributed by atoms with Gasteiger partial charge in [0.05, 0.1) is 0 Å². The largest absolute Gasteiger partial charge is 0.316 e. The first-order valence-corrected chi connectivity index (χ1v) is 7.60. The molecule has 108 valence electrons. The molecule has 0 heterocycles. The average molecular weight is 261 g/mol. The van der Waals surface area contributed by atoms with E-state index in [9.17, 15) is 0 Å². The molecule has 1 nitrogen and oxygen atoms in total. The summed E-state index contributed by atoms with van der Waals surface area (Å²) in [6, 6.07) is 6.93. The van der Waals surface area contributed by atoms with E-state index in [0.717, 1.165) is 13.1 Å². The molecule has 0 saturated carbocycles. The Morgan fingerprint density at radius 2 is 1.63 bits per heavy atom. The molecule has 1 N–H and O–H groups in total. The van der Waals surface area contributed by atoms with Crippen LogP contribution in [-0.2, 0) is 6.42 Å². The SMILES string of the molecule is CCCNCC(Cc1cc(C)cc(C)c1)C(C)(C)C. The van der Waals surface area contributed by atoms with Crippen LogP contribution in [0.1, 0.15) is 50.8 Å². The smallest absolute Gasteiger partial charge is 0.00123 e. The second-order valence-electron chi connectivity index (χ2n) is 6.97. The van der Waals surface area contributed by atoms with Crippen molar-refractivity contribution in [3.63, 3.8) is 0 Å². The summed E-state index contributed by atoms with van der Waals surface area (Å²) in [5, 5.41) is 3.59. The number of benzene rings is 1. The van der Waals surface area contributed by atoms with Crippen molar-refractivity contribution in [3.05, 3.63) is 34.9 Å². The van der Waals surface area contributed by atoms with Gasteiger partial charge in [0.2, 0.25) is 0 Å². The molecule has 0 fully saturated rings. The third-order valence-corrected chi connectivity index (χ3v) is 3.81. The molecule has 1 rings (SSSR count). The lowest BCUT2D eigenvalue weighted by Crippen LogP contribution is -2.33. The lowest BCUT2D eigenvalue weighted by atomic mass is 9.77. The molecule has 1 unspecified atom stereocenters. The zero-order valence-electron chi connectivity index (χ0n) is 13.6. The van der Waals surface area contributed by atoms with Crippen LogP contribution in [0.5, 0.6) is 0 Å². The summed E-state index contributed by atoms with van der Waals surface area (Å²) in [5.74, 6) is 0.681. The number of hydrogen-bond acceptors (Lipinski definition) is 1. The van der Waals surface area contributed by atoms with Crippen LogP contribution in [-0.4, -0.2) is 13.1 Å². The highest BCUT2D eigenvalue weighted by Gasteiger charge is 2.24. The van der Waals surface area contributed by atoms with E-state index in [0.29, 0.717) is 11.3 Å². The Labute approximate surface area is 119 Å². The number of hydrogen-bond donors (Lipinski definition) is 1. The van der Waals surface area contributed by atoms with Gasteiger partial charge in [-0.15, -0.1) is 0 Å². The Hall–Kier alpha value is -0.820. The van der Waals surface area contributed by atoms with Crippen molar-refractivity contribution in [2.75, 3.05) is 13.1 Å². The minimum absolute atomic E-state index is 0.346. The fourth-order valence-corrected chi connectivity index (χ4v) is 2.61. The number of nitrogens with one attached hydrogen (secondary N) is 1. The van der Waals surface area contributed by atoms with Crippen molar-refractivity contribution in [2.24, 2.45) is 11.3 Å². The summed E-state index contributed by atoms with van der Waals surface area (Å²) in [6.45, 7) is 15.9. The topological polar surface area (TPSA) is 12.0 Å². The van der Waals surface area contributed by atoms with Gasteiger partial charge in [-0.2, -0.15) is 0 Å². The molecule has 19 heavy (non-hydrogen) atoms. The summed E-state index contributed by atoms with van der Waals surface area (Å²) in [5.41, 5.74) is 4.59. The van der Waals surface area contributed by atoms with Gasteiger partial charge in [-0.25, -0.2) is 0 Å². The standard InChI is InChI=1S/C18H31N/c1-7-8-19-13-17(18(4,5)6)12-16-10-14(2)9-15(3)11-16/h9-11,17,19H,7-8,12-13H2,1-6H3. The Morgan fingerprint density at radius 3 is 2.11 bits per heavy atom. The van der Waals surface area contributed by atoms with Crippen LogP contribution in [0.4, 0.5) is 0 Å². The van der Waals surface area contributed by atoms with E-state index < -0.39 is 0 Å². The molecule has 1 aromatic carbocycles. The maximum atomic E-state index is 3.59. The first-order chi connectivity index (χ1) is 8.82. The maximum absolute atomic E-state index is 3.59. The number of aryl methyl sites for hydroxylation is 2. The summed E-state index contributed by atoms with van der Waals surface area (Å²) < 4.78 is 0. The molecular weight excluding hydrogens is 230 g/mol. The van der Waals surface area contributed by atoms with E-state index in [1.807, 2.05) is 0 Å². The molecule has 1 aromatic rings. The third-order valence-electron chi connectivity index (χ3n) is 3.81. The summed E-state index contributed by atoms with van der Waals surface area (Å²) in [4.78, 5) is 0. The molecule has 0 aliphatic carbocycles. The molecule has 0 bridgehead atoms. The van der Waals surface area contributed by atoms with Crippen molar-refractivity contribution in [3.8, 4) is 0 Å². The van der Waals surface area contributed by atoms with Gasteiger partial charge in [-0.1, -0.05) is 57.0 Å². The lowest BCUT2D eigenvalue weighted by Gasteiger charge is -2.31. The van der Waals surface area contributed by atoms with Gasteiger partial charge in [-0.3, -0.25) is 0 Å². The van der Waals surface area contributed by atoms with Crippen molar-refractivity contribution >= 4 is 0 Å². The predicted octanol–water partition coefficient (Wildman–Crippen LogP) is 4.51. The molecule has 0 amide bonds. The van der Waals surface area contributed by atoms with E-state index in [4.69, 9.17) is 0 Å². The molecular formula is C18H31N. The van der Waals surface area contributed by atoms with Crippen LogP contribution in [0.15, 0.2) is 18.2 Å². The molecule has 0 aliphatic rings. The predicted molar refractivity (Wildman–Crippen MR) is 85.7 cm³/mol. The first-order valence-electron chi connectivity index (χ1n) is 7.60. The van der Waals surface area contributed by atoms with E-state index in [-0.39, 0.29) is 0 Å². The fourth-order valence-electron chi connectivity index (χ4n) is 2.61. The summed E-state index contributed by atoms with van der Waals surface area (Å²) in [7, 11) is 0. The summed E-state index contributed by atoms with van der Waals surface area (Å²) in [6.07, 6.45) is 2.38. The van der Waals surface area contributed by atoms with Crippen LogP contribution in [0.2, 0.25) is 0 Å². The van der Waals surface area contributed by atoms with Gasteiger partial charge in [-0.05, 0) is 56.7 Å². The van der Waals surface area contributed by atoms with Crippen molar-refractivity contribution < 1.29 is 0 Å². The fraction of sp³-hybridized carbons (Fsp3) is 0.667. The van der Waals surface area contributed by atoms with Crippen LogP contribution < -0.4 is 5.32 Å². The van der Waals surface area contributed by atoms with E-state index in [2.05, 4.69) is 65.1 Å². The Balaban J connectivity index is 2.76. The zero-order valence-corrected chi connectivity index (χ0v) is 13.6. The van der Waals surface area contributed by atoms with E-state index >= 15 is 0 Å². The average Bonchev–Trinajstić information content (AvgIpc) is 2.25. The van der Waals surface area contributed by atoms with Gasteiger partial charge in [0.15, 0.2) is 0 Å². The van der Waals surface area contributed by atoms with Gasteiger partial charge in [0.1, 0.15) is 0 Å². The molecule has 1 atom stereocenters. The van der Waals surface area contributed by atoms with Crippen molar-refractivity contribution in [1.29, 1.82) is 0 Å². The quantitative estimate of drug-likeness (QED) is 0.743. The highest BCUT2D eigenvalue weighted by atomic mass is 14.9. The normalized spacial score (nSPS) is 13.6. The zero-order chi connectivity index (χ0) is 14.5. The lowest BCUT2D eigenvalue weighted by molar-refractivity contribution is 0.231. The third kappa shape index (κ3) is 5.78. The highest BCUT2D eigenvalue weighted by Crippen LogP contribution is 2.29. The molecule has 1 heteroatoms. The van der Waals surface area contributed by atoms with Gasteiger partial charge in [0, 0.05) is 0 Å². The van der Waals surface area contributed by atoms with Crippen molar-refractivity contribution in [2.45, 2.75) is 54.4 Å². The van der Waals surface area contributed by atoms with E-state index in [1.165, 1.54) is 29.5 Å². The minimum atomic E-state index is 0.346. The van der Waals surface area contributed by atoms with Gasteiger partial charge < -0.3 is 5.32 Å². The molecule has 0 aromatic heterocycles. The van der Waals surface area contributed by atoms with Gasteiger partial charge in [0.25, 0.3) is 0 Å². The minimum Gasteiger partial charge on any atom is -0.316 e. The van der Waals surface area contributed by atoms with Crippen LogP contribution in [0.25, 0.3) is 0 Å². The first kappa shape index (κ1) is 16.2. The summed E-state index contributed by atoms with van der Waals surface area (Å²) >= 11 is 0. The molecule has 0 spiro atoms. The molecule has 0 radical (unpaired) electrons. The van der Waals surface area contributed by atoms with Crippen LogP contribution in [0, 0.1) is 25.2 Å². The second-order valence-corrected chi connectivity index (χ2v) is 6.97. The Morgan fingerprint density at radius 1 is 1.05 bits per heavy atom. The van der Waals surface area contributed by atoms with Crippen LogP contribution in [0.3, 0.4) is 0 Å². The number of rotatable bonds is 6. The Bertz CT molecular complexity index is 367. The van der Waals surface area contributed by atoms with Gasteiger partial charge >= 0.3 is 0 Å². The van der Waals surface area contributed by atoms with Crippen molar-refractivity contribution in [1.82, 2.24) is 5.32 Å².